The maximum atomic E-state index is 13.1. The molecule has 0 saturated carbocycles. The van der Waals surface area contributed by atoms with Crippen LogP contribution in [0.4, 0.5) is 17.7 Å². The van der Waals surface area contributed by atoms with Crippen molar-refractivity contribution in [3.05, 3.63) is 18.0 Å². The lowest BCUT2D eigenvalue weighted by Crippen LogP contribution is -2.50. The second-order valence-electron chi connectivity index (χ2n) is 10.2. The maximum absolute atomic E-state index is 13.1. The van der Waals surface area contributed by atoms with Crippen LogP contribution in [0, 0.1) is 0 Å². The highest BCUT2D eigenvalue weighted by atomic mass is 16.5. The summed E-state index contributed by atoms with van der Waals surface area (Å²) < 4.78 is 5.55. The van der Waals surface area contributed by atoms with Crippen LogP contribution in [0.1, 0.15) is 31.7 Å². The summed E-state index contributed by atoms with van der Waals surface area (Å²) in [6, 6.07) is -0.0319. The van der Waals surface area contributed by atoms with Gasteiger partial charge in [-0.25, -0.2) is 15.0 Å². The Hall–Kier alpha value is -3.05. The van der Waals surface area contributed by atoms with Gasteiger partial charge in [-0.1, -0.05) is 0 Å². The van der Waals surface area contributed by atoms with Gasteiger partial charge < -0.3 is 30.5 Å². The van der Waals surface area contributed by atoms with Crippen molar-refractivity contribution in [1.82, 2.24) is 30.2 Å². The molecule has 3 saturated heterocycles. The van der Waals surface area contributed by atoms with Crippen molar-refractivity contribution in [3.63, 3.8) is 0 Å². The number of nitrogens with two attached hydrogens (primary N) is 1. The molecule has 0 unspecified atom stereocenters. The quantitative estimate of drug-likeness (QED) is 0.639. The van der Waals surface area contributed by atoms with Gasteiger partial charge in [-0.05, 0) is 39.2 Å². The van der Waals surface area contributed by atoms with Crippen LogP contribution in [0.3, 0.4) is 0 Å². The van der Waals surface area contributed by atoms with Gasteiger partial charge in [0, 0.05) is 56.2 Å². The first kappa shape index (κ1) is 22.4. The molecule has 0 bridgehead atoms. The molecule has 0 spiro atoms. The van der Waals surface area contributed by atoms with Crippen LogP contribution < -0.4 is 20.9 Å². The molecular formula is C24H33N9O2. The summed E-state index contributed by atoms with van der Waals surface area (Å²) in [5.74, 6) is 2.15. The Balaban J connectivity index is 1.34. The van der Waals surface area contributed by atoms with E-state index in [1.807, 2.05) is 4.90 Å². The van der Waals surface area contributed by atoms with E-state index in [0.29, 0.717) is 25.7 Å². The molecule has 3 fully saturated rings. The second-order valence-corrected chi connectivity index (χ2v) is 10.2. The minimum atomic E-state index is -0.176. The lowest BCUT2D eigenvalue weighted by molar-refractivity contribution is -0.132. The fraction of sp³-hybridized carbons (Fsp3) is 0.625. The van der Waals surface area contributed by atoms with E-state index in [2.05, 4.69) is 32.0 Å². The first-order chi connectivity index (χ1) is 17.0. The van der Waals surface area contributed by atoms with Crippen LogP contribution in [-0.2, 0) is 16.0 Å². The number of hydrogen-bond acceptors (Lipinski definition) is 10. The number of likely N-dealkylation sites (tertiary alicyclic amines) is 1. The van der Waals surface area contributed by atoms with Crippen molar-refractivity contribution in [2.75, 3.05) is 68.0 Å². The van der Waals surface area contributed by atoms with Gasteiger partial charge in [0.05, 0.1) is 30.5 Å². The Bertz CT molecular complexity index is 1100. The number of anilines is 3. The molecule has 11 heteroatoms. The molecule has 4 aliphatic heterocycles. The molecule has 0 aromatic carbocycles. The molecule has 0 radical (unpaired) electrons. The molecule has 2 aromatic rings. The second kappa shape index (κ2) is 8.87. The van der Waals surface area contributed by atoms with Crippen LogP contribution in [0.25, 0.3) is 11.3 Å². The van der Waals surface area contributed by atoms with Crippen LogP contribution in [-0.4, -0.2) is 94.8 Å². The molecule has 1 amide bonds. The molecule has 4 aliphatic rings. The van der Waals surface area contributed by atoms with Crippen molar-refractivity contribution in [2.45, 2.75) is 44.2 Å². The smallest absolute Gasteiger partial charge is 0.239 e. The van der Waals surface area contributed by atoms with E-state index in [-0.39, 0.29) is 23.4 Å². The maximum Gasteiger partial charge on any atom is 0.239 e. The number of fused-ring (bicyclic) bond motifs is 1. The van der Waals surface area contributed by atoms with Crippen LogP contribution in [0.15, 0.2) is 12.4 Å². The van der Waals surface area contributed by atoms with Gasteiger partial charge in [0.2, 0.25) is 17.8 Å². The van der Waals surface area contributed by atoms with Gasteiger partial charge in [0.15, 0.2) is 0 Å². The Morgan fingerprint density at radius 3 is 2.71 bits per heavy atom. The lowest BCUT2D eigenvalue weighted by atomic mass is 9.99. The monoisotopic (exact) mass is 479 g/mol. The van der Waals surface area contributed by atoms with E-state index in [9.17, 15) is 4.79 Å². The minimum Gasteiger partial charge on any atom is -0.378 e. The molecular weight excluding hydrogens is 446 g/mol. The summed E-state index contributed by atoms with van der Waals surface area (Å²) in [6.07, 6.45) is 7.24. The third-order valence-electron chi connectivity index (χ3n) is 7.83. The highest BCUT2D eigenvalue weighted by molar-refractivity contribution is 5.83. The zero-order chi connectivity index (χ0) is 24.0. The van der Waals surface area contributed by atoms with Crippen LogP contribution >= 0.6 is 0 Å². The molecule has 2 aromatic heterocycles. The number of amides is 1. The van der Waals surface area contributed by atoms with Gasteiger partial charge in [-0.15, -0.1) is 0 Å². The Morgan fingerprint density at radius 1 is 1.17 bits per heavy atom. The fourth-order valence-corrected chi connectivity index (χ4v) is 5.84. The Labute approximate surface area is 205 Å². The number of aromatic nitrogens is 4. The molecule has 6 rings (SSSR count). The number of carbonyl (C=O) groups is 1. The molecule has 35 heavy (non-hydrogen) atoms. The number of nitrogens with one attached hydrogen (secondary N) is 1. The lowest BCUT2D eigenvalue weighted by Gasteiger charge is -2.37. The summed E-state index contributed by atoms with van der Waals surface area (Å²) in [7, 11) is 0. The molecule has 3 N–H and O–H groups in total. The Kier molecular flexibility index (Phi) is 5.68. The highest BCUT2D eigenvalue weighted by Gasteiger charge is 2.45. The van der Waals surface area contributed by atoms with Crippen molar-refractivity contribution in [3.8, 4) is 11.3 Å². The summed E-state index contributed by atoms with van der Waals surface area (Å²) in [5, 5.41) is 3.36. The zero-order valence-electron chi connectivity index (χ0n) is 20.2. The molecule has 11 nitrogen and oxygen atoms in total. The van der Waals surface area contributed by atoms with Crippen LogP contribution in [0.2, 0.25) is 0 Å². The number of morpholine rings is 1. The number of rotatable bonds is 4. The summed E-state index contributed by atoms with van der Waals surface area (Å²) >= 11 is 0. The number of hydrogen-bond donors (Lipinski definition) is 2. The first-order valence-electron chi connectivity index (χ1n) is 12.6. The van der Waals surface area contributed by atoms with Crippen molar-refractivity contribution in [1.29, 1.82) is 0 Å². The van der Waals surface area contributed by atoms with Gasteiger partial charge in [-0.3, -0.25) is 4.79 Å². The largest absolute Gasteiger partial charge is 0.378 e. The van der Waals surface area contributed by atoms with Crippen molar-refractivity contribution in [2.24, 2.45) is 0 Å². The van der Waals surface area contributed by atoms with E-state index in [0.717, 1.165) is 81.0 Å². The molecule has 6 heterocycles. The van der Waals surface area contributed by atoms with Crippen molar-refractivity contribution >= 4 is 23.6 Å². The van der Waals surface area contributed by atoms with E-state index in [4.69, 9.17) is 20.4 Å². The predicted octanol–water partition coefficient (Wildman–Crippen LogP) is 0.458. The molecule has 2 atom stereocenters. The zero-order valence-corrected chi connectivity index (χ0v) is 20.2. The average molecular weight is 480 g/mol. The van der Waals surface area contributed by atoms with Crippen LogP contribution in [0.5, 0.6) is 0 Å². The van der Waals surface area contributed by atoms with E-state index in [1.54, 1.807) is 12.4 Å². The number of ether oxygens (including phenoxy) is 1. The molecule has 0 aliphatic carbocycles. The van der Waals surface area contributed by atoms with Gasteiger partial charge in [-0.2, -0.15) is 4.98 Å². The summed E-state index contributed by atoms with van der Waals surface area (Å²) in [6.45, 7) is 8.36. The topological polar surface area (TPSA) is 126 Å². The normalized spacial score (nSPS) is 26.4. The predicted molar refractivity (Wildman–Crippen MR) is 132 cm³/mol. The summed E-state index contributed by atoms with van der Waals surface area (Å²) in [5.41, 5.74) is 8.39. The third-order valence-corrected chi connectivity index (χ3v) is 7.83. The Morgan fingerprint density at radius 2 is 1.97 bits per heavy atom. The van der Waals surface area contributed by atoms with E-state index < -0.39 is 0 Å². The van der Waals surface area contributed by atoms with Gasteiger partial charge in [0.25, 0.3) is 0 Å². The molecule has 186 valence electrons. The SMILES string of the molecule is C[C@]1(N2CCc3c(-c4cnc(N)nc4)nc(N4CCOCC4)nc32)CCN(C(=O)[C@H]2CCCN2)C1. The van der Waals surface area contributed by atoms with Gasteiger partial charge in [0.1, 0.15) is 5.82 Å². The highest BCUT2D eigenvalue weighted by Crippen LogP contribution is 2.41. The van der Waals surface area contributed by atoms with Gasteiger partial charge >= 0.3 is 0 Å². The number of nitrogen functional groups attached to an aromatic ring is 1. The number of nitrogens with zero attached hydrogens (tertiary/aromatic N) is 7. The number of carbonyl (C=O) groups excluding carboxylic acids is 1. The van der Waals surface area contributed by atoms with Crippen molar-refractivity contribution < 1.29 is 9.53 Å². The van der Waals surface area contributed by atoms with E-state index in [1.165, 1.54) is 0 Å². The third kappa shape index (κ3) is 4.06. The van der Waals surface area contributed by atoms with E-state index >= 15 is 0 Å². The fourth-order valence-electron chi connectivity index (χ4n) is 5.84. The first-order valence-corrected chi connectivity index (χ1v) is 12.6. The summed E-state index contributed by atoms with van der Waals surface area (Å²) in [4.78, 5) is 38.2. The average Bonchev–Trinajstić information content (AvgIpc) is 3.64. The minimum absolute atomic E-state index is 0.0319. The standard InChI is InChI=1S/C24H33N9O2/c1-24(5-8-32(15-24)21(34)18-3-2-6-26-18)33-7-4-17-19(16-13-27-22(25)28-14-16)29-23(30-20(17)33)31-9-11-35-12-10-31/h13-14,18,26H,2-12,15H2,1H3,(H2,25,27,28)/t18-,24+/m1/s1.